The number of benzene rings is 1. The summed E-state index contributed by atoms with van der Waals surface area (Å²) >= 11 is 1.92. The van der Waals surface area contributed by atoms with Crippen LogP contribution in [0.3, 0.4) is 0 Å². The molecule has 0 radical (unpaired) electrons. The minimum absolute atomic E-state index is 0.167. The zero-order valence-electron chi connectivity index (χ0n) is 11.2. The molecule has 0 aliphatic heterocycles. The van der Waals surface area contributed by atoms with Crippen molar-refractivity contribution < 1.29 is 18.7 Å². The van der Waals surface area contributed by atoms with Crippen molar-refractivity contribution in [3.63, 3.8) is 0 Å². The number of carbonyl (C=O) groups excluding carboxylic acids is 2. The summed E-state index contributed by atoms with van der Waals surface area (Å²) in [6, 6.07) is 4.00. The third kappa shape index (κ3) is 2.70. The maximum absolute atomic E-state index is 13.3. The number of rotatable bonds is 1. The molecule has 0 saturated heterocycles. The van der Waals surface area contributed by atoms with Gasteiger partial charge < -0.3 is 4.74 Å². The number of hydrogen-bond donors (Lipinski definition) is 0. The van der Waals surface area contributed by atoms with Crippen LogP contribution in [0.2, 0.25) is 0 Å². The molecule has 0 aliphatic rings. The fourth-order valence-electron chi connectivity index (χ4n) is 1.85. The van der Waals surface area contributed by atoms with Crippen LogP contribution in [0, 0.1) is 9.39 Å². The van der Waals surface area contributed by atoms with Crippen molar-refractivity contribution in [3.8, 4) is 0 Å². The fraction of sp³-hybridized carbons (Fsp3) is 0.286. The highest BCUT2D eigenvalue weighted by atomic mass is 127. The van der Waals surface area contributed by atoms with Gasteiger partial charge in [0.2, 0.25) is 0 Å². The van der Waals surface area contributed by atoms with E-state index in [-0.39, 0.29) is 5.69 Å². The zero-order valence-corrected chi connectivity index (χ0v) is 13.4. The van der Waals surface area contributed by atoms with Crippen LogP contribution >= 0.6 is 22.6 Å². The molecule has 0 N–H and O–H groups in total. The summed E-state index contributed by atoms with van der Waals surface area (Å²) in [5, 5.41) is 0.513. The highest BCUT2D eigenvalue weighted by Gasteiger charge is 2.24. The van der Waals surface area contributed by atoms with Gasteiger partial charge in [-0.1, -0.05) is 0 Å². The Hall–Kier alpha value is -1.44. The molecule has 20 heavy (non-hydrogen) atoms. The van der Waals surface area contributed by atoms with E-state index in [1.807, 2.05) is 22.6 Å². The summed E-state index contributed by atoms with van der Waals surface area (Å²) in [7, 11) is 0. The van der Waals surface area contributed by atoms with Gasteiger partial charge in [0.25, 0.3) is 0 Å². The molecule has 0 amide bonds. The Bertz CT molecular complexity index is 700. The third-order valence-electron chi connectivity index (χ3n) is 2.59. The fourth-order valence-corrected chi connectivity index (χ4v) is 2.65. The predicted molar refractivity (Wildman–Crippen MR) is 81.6 cm³/mol. The number of ether oxygens (including phenoxy) is 1. The Balaban J connectivity index is 2.68. The van der Waals surface area contributed by atoms with E-state index in [1.54, 1.807) is 20.8 Å². The van der Waals surface area contributed by atoms with Gasteiger partial charge >= 0.3 is 6.09 Å². The van der Waals surface area contributed by atoms with Gasteiger partial charge in [0.1, 0.15) is 17.1 Å². The SMILES string of the molecule is CC(C)(C)OC(=O)n1c(C=O)c(I)c2cc(F)ccc21. The van der Waals surface area contributed by atoms with Gasteiger partial charge in [-0.2, -0.15) is 0 Å². The van der Waals surface area contributed by atoms with Crippen LogP contribution < -0.4 is 0 Å². The van der Waals surface area contributed by atoms with Crippen LogP contribution in [0.5, 0.6) is 0 Å². The first-order valence-corrected chi connectivity index (χ1v) is 7.00. The van der Waals surface area contributed by atoms with Crippen molar-refractivity contribution in [3.05, 3.63) is 33.3 Å². The molecule has 0 saturated carbocycles. The minimum atomic E-state index is -0.681. The quantitative estimate of drug-likeness (QED) is 0.548. The van der Waals surface area contributed by atoms with Gasteiger partial charge in [-0.15, -0.1) is 0 Å². The number of aromatic nitrogens is 1. The first-order chi connectivity index (χ1) is 9.24. The second-order valence-corrected chi connectivity index (χ2v) is 6.37. The normalized spacial score (nSPS) is 11.7. The van der Waals surface area contributed by atoms with Crippen LogP contribution in [-0.4, -0.2) is 22.5 Å². The second kappa shape index (κ2) is 5.16. The van der Waals surface area contributed by atoms with E-state index in [2.05, 4.69) is 0 Å². The molecule has 0 spiro atoms. The Kier molecular flexibility index (Phi) is 3.86. The maximum atomic E-state index is 13.3. The third-order valence-corrected chi connectivity index (χ3v) is 3.72. The van der Waals surface area contributed by atoms with E-state index < -0.39 is 17.5 Å². The van der Waals surface area contributed by atoms with E-state index in [0.29, 0.717) is 20.8 Å². The molecule has 1 aromatic heterocycles. The lowest BCUT2D eigenvalue weighted by atomic mass is 10.2. The van der Waals surface area contributed by atoms with Gasteiger partial charge in [0.05, 0.1) is 9.09 Å². The summed E-state index contributed by atoms with van der Waals surface area (Å²) in [4.78, 5) is 23.5. The lowest BCUT2D eigenvalue weighted by Crippen LogP contribution is -2.28. The molecule has 0 bridgehead atoms. The van der Waals surface area contributed by atoms with Crippen LogP contribution in [0.4, 0.5) is 9.18 Å². The van der Waals surface area contributed by atoms with Crippen molar-refractivity contribution >= 4 is 45.9 Å². The van der Waals surface area contributed by atoms with Gasteiger partial charge in [0, 0.05) is 5.39 Å². The minimum Gasteiger partial charge on any atom is -0.443 e. The molecule has 6 heteroatoms. The van der Waals surface area contributed by atoms with Gasteiger partial charge in [0.15, 0.2) is 6.29 Å². The summed E-state index contributed by atoms with van der Waals surface area (Å²) in [6.07, 6.45) is -0.0806. The van der Waals surface area contributed by atoms with E-state index in [4.69, 9.17) is 4.74 Å². The van der Waals surface area contributed by atoms with E-state index >= 15 is 0 Å². The summed E-state index contributed by atoms with van der Waals surface area (Å²) < 4.78 is 20.3. The Morgan fingerprint density at radius 2 is 2.05 bits per heavy atom. The van der Waals surface area contributed by atoms with E-state index in [0.717, 1.165) is 0 Å². The molecule has 0 fully saturated rings. The summed E-state index contributed by atoms with van der Waals surface area (Å²) in [6.45, 7) is 5.21. The topological polar surface area (TPSA) is 48.3 Å². The summed E-state index contributed by atoms with van der Waals surface area (Å²) in [5.74, 6) is -0.422. The van der Waals surface area contributed by atoms with Gasteiger partial charge in [-0.3, -0.25) is 4.79 Å². The van der Waals surface area contributed by atoms with Crippen LogP contribution in [0.1, 0.15) is 31.3 Å². The molecular formula is C14H13FINO3. The van der Waals surface area contributed by atoms with Crippen LogP contribution in [-0.2, 0) is 4.74 Å². The molecule has 4 nitrogen and oxygen atoms in total. The maximum Gasteiger partial charge on any atom is 0.419 e. The average molecular weight is 389 g/mol. The van der Waals surface area contributed by atoms with Crippen LogP contribution in [0.15, 0.2) is 18.2 Å². The average Bonchev–Trinajstić information content (AvgIpc) is 2.60. The molecule has 1 heterocycles. The Morgan fingerprint density at radius 3 is 2.60 bits per heavy atom. The number of halogens is 2. The van der Waals surface area contributed by atoms with Crippen LogP contribution in [0.25, 0.3) is 10.9 Å². The molecular weight excluding hydrogens is 376 g/mol. The highest BCUT2D eigenvalue weighted by Crippen LogP contribution is 2.28. The van der Waals surface area contributed by atoms with Crippen molar-refractivity contribution in [1.29, 1.82) is 0 Å². The van der Waals surface area contributed by atoms with Crippen molar-refractivity contribution in [2.24, 2.45) is 0 Å². The molecule has 0 aliphatic carbocycles. The van der Waals surface area contributed by atoms with Gasteiger partial charge in [-0.05, 0) is 61.6 Å². The molecule has 2 aromatic rings. The lowest BCUT2D eigenvalue weighted by Gasteiger charge is -2.20. The van der Waals surface area contributed by atoms with Crippen molar-refractivity contribution in [2.45, 2.75) is 26.4 Å². The first kappa shape index (κ1) is 15.0. The molecule has 1 aromatic carbocycles. The molecule has 0 atom stereocenters. The monoisotopic (exact) mass is 389 g/mol. The highest BCUT2D eigenvalue weighted by molar-refractivity contribution is 14.1. The lowest BCUT2D eigenvalue weighted by molar-refractivity contribution is 0.0538. The Labute approximate surface area is 129 Å². The number of fused-ring (bicyclic) bond motifs is 1. The number of carbonyl (C=O) groups is 2. The molecule has 106 valence electrons. The van der Waals surface area contributed by atoms with E-state index in [9.17, 15) is 14.0 Å². The predicted octanol–water partition coefficient (Wildman–Crippen LogP) is 3.98. The van der Waals surface area contributed by atoms with Gasteiger partial charge in [-0.25, -0.2) is 13.8 Å². The number of hydrogen-bond acceptors (Lipinski definition) is 3. The molecule has 2 rings (SSSR count). The molecule has 0 unspecified atom stereocenters. The summed E-state index contributed by atoms with van der Waals surface area (Å²) in [5.41, 5.74) is -0.0631. The largest absolute Gasteiger partial charge is 0.443 e. The van der Waals surface area contributed by atoms with Crippen molar-refractivity contribution in [2.75, 3.05) is 0 Å². The zero-order chi connectivity index (χ0) is 15.1. The van der Waals surface area contributed by atoms with Crippen molar-refractivity contribution in [1.82, 2.24) is 4.57 Å². The Morgan fingerprint density at radius 1 is 1.40 bits per heavy atom. The second-order valence-electron chi connectivity index (χ2n) is 5.29. The first-order valence-electron chi connectivity index (χ1n) is 5.92. The smallest absolute Gasteiger partial charge is 0.419 e. The van der Waals surface area contributed by atoms with E-state index in [1.165, 1.54) is 22.8 Å². The number of nitrogens with zero attached hydrogens (tertiary/aromatic N) is 1. The number of aldehydes is 1. The standard InChI is InChI=1S/C14H13FINO3/c1-14(2,3)20-13(19)17-10-5-4-8(15)6-9(10)12(16)11(17)7-18/h4-7H,1-3H3.